The maximum absolute atomic E-state index is 5.88. The van der Waals surface area contributed by atoms with Crippen molar-refractivity contribution in [3.8, 4) is 0 Å². The molecule has 1 heterocycles. The summed E-state index contributed by atoms with van der Waals surface area (Å²) >= 11 is 5.88. The molecule has 0 radical (unpaired) electrons. The van der Waals surface area contributed by atoms with E-state index in [0.717, 1.165) is 24.4 Å². The van der Waals surface area contributed by atoms with Crippen molar-refractivity contribution in [1.82, 2.24) is 15.2 Å². The van der Waals surface area contributed by atoms with Gasteiger partial charge in [0.15, 0.2) is 0 Å². The largest absolute Gasteiger partial charge is 0.273 e. The molecule has 1 unspecified atom stereocenters. The molecule has 1 atom stereocenters. The van der Waals surface area contributed by atoms with Gasteiger partial charge in [-0.05, 0) is 43.0 Å². The highest BCUT2D eigenvalue weighted by atomic mass is 35.5. The van der Waals surface area contributed by atoms with Gasteiger partial charge in [-0.15, -0.1) is 0 Å². The normalized spacial score (nSPS) is 12.6. The van der Waals surface area contributed by atoms with Crippen molar-refractivity contribution >= 4 is 11.6 Å². The Labute approximate surface area is 118 Å². The molecule has 1 aromatic carbocycles. The third kappa shape index (κ3) is 4.06. The number of hydrogen-bond donors (Lipinski definition) is 2. The number of nitrogens with zero attached hydrogens (tertiary/aromatic N) is 2. The van der Waals surface area contributed by atoms with Gasteiger partial charge in [-0.2, -0.15) is 5.10 Å². The fraction of sp³-hybridized carbons (Fsp3) is 0.357. The van der Waals surface area contributed by atoms with E-state index in [-0.39, 0.29) is 6.04 Å². The summed E-state index contributed by atoms with van der Waals surface area (Å²) in [5.41, 5.74) is 5.28. The molecule has 0 aliphatic rings. The second kappa shape index (κ2) is 6.70. The maximum atomic E-state index is 5.88. The van der Waals surface area contributed by atoms with E-state index >= 15 is 0 Å². The monoisotopic (exact) mass is 278 g/mol. The quantitative estimate of drug-likeness (QED) is 0.629. The van der Waals surface area contributed by atoms with Crippen LogP contribution in [0.5, 0.6) is 0 Å². The standard InChI is InChI=1S/C14H19ClN4/c1-2-19-10-12(9-17-19)8-14(18-16)7-11-3-5-13(15)6-4-11/h3-6,9-10,14,18H,2,7-8,16H2,1H3. The first-order valence-electron chi connectivity index (χ1n) is 6.43. The number of benzene rings is 1. The van der Waals surface area contributed by atoms with E-state index in [1.807, 2.05) is 35.1 Å². The molecule has 0 aliphatic heterocycles. The molecule has 1 aromatic heterocycles. The van der Waals surface area contributed by atoms with Crippen LogP contribution in [0.1, 0.15) is 18.1 Å². The third-order valence-corrected chi connectivity index (χ3v) is 3.38. The zero-order valence-electron chi connectivity index (χ0n) is 11.0. The number of nitrogens with one attached hydrogen (secondary N) is 1. The first kappa shape index (κ1) is 14.1. The molecule has 5 heteroatoms. The summed E-state index contributed by atoms with van der Waals surface area (Å²) in [6.07, 6.45) is 5.69. The summed E-state index contributed by atoms with van der Waals surface area (Å²) in [4.78, 5) is 0. The van der Waals surface area contributed by atoms with Crippen molar-refractivity contribution in [2.45, 2.75) is 32.4 Å². The molecule has 0 aliphatic carbocycles. The van der Waals surface area contributed by atoms with Gasteiger partial charge in [0.25, 0.3) is 0 Å². The fourth-order valence-corrected chi connectivity index (χ4v) is 2.19. The number of hydrazine groups is 1. The Morgan fingerprint density at radius 2 is 1.95 bits per heavy atom. The van der Waals surface area contributed by atoms with Crippen molar-refractivity contribution in [2.75, 3.05) is 0 Å². The number of nitrogens with two attached hydrogens (primary N) is 1. The van der Waals surface area contributed by atoms with E-state index in [0.29, 0.717) is 0 Å². The molecule has 19 heavy (non-hydrogen) atoms. The molecule has 0 bridgehead atoms. The van der Waals surface area contributed by atoms with Crippen molar-refractivity contribution in [1.29, 1.82) is 0 Å². The second-order valence-electron chi connectivity index (χ2n) is 4.60. The highest BCUT2D eigenvalue weighted by molar-refractivity contribution is 6.30. The zero-order valence-corrected chi connectivity index (χ0v) is 11.8. The number of halogens is 1. The molecule has 2 rings (SSSR count). The maximum Gasteiger partial charge on any atom is 0.0522 e. The molecule has 2 aromatic rings. The van der Waals surface area contributed by atoms with E-state index in [1.165, 1.54) is 11.1 Å². The molecule has 102 valence electrons. The predicted octanol–water partition coefficient (Wildman–Crippen LogP) is 2.17. The van der Waals surface area contributed by atoms with E-state index in [4.69, 9.17) is 17.4 Å². The summed E-state index contributed by atoms with van der Waals surface area (Å²) in [6.45, 7) is 2.96. The topological polar surface area (TPSA) is 55.9 Å². The van der Waals surface area contributed by atoms with Crippen LogP contribution in [-0.2, 0) is 19.4 Å². The van der Waals surface area contributed by atoms with Crippen LogP contribution < -0.4 is 11.3 Å². The molecule has 0 saturated heterocycles. The van der Waals surface area contributed by atoms with Crippen molar-refractivity contribution < 1.29 is 0 Å². The van der Waals surface area contributed by atoms with Crippen LogP contribution in [0.25, 0.3) is 0 Å². The smallest absolute Gasteiger partial charge is 0.0522 e. The Kier molecular flexibility index (Phi) is 4.96. The van der Waals surface area contributed by atoms with Crippen LogP contribution in [0, 0.1) is 0 Å². The number of aromatic nitrogens is 2. The lowest BCUT2D eigenvalue weighted by Gasteiger charge is -2.15. The van der Waals surface area contributed by atoms with Gasteiger partial charge in [-0.25, -0.2) is 0 Å². The predicted molar refractivity (Wildman–Crippen MR) is 77.9 cm³/mol. The Balaban J connectivity index is 1.98. The third-order valence-electron chi connectivity index (χ3n) is 3.12. The van der Waals surface area contributed by atoms with Crippen LogP contribution in [0.3, 0.4) is 0 Å². The van der Waals surface area contributed by atoms with Gasteiger partial charge in [-0.3, -0.25) is 16.0 Å². The highest BCUT2D eigenvalue weighted by Crippen LogP contribution is 2.12. The Hall–Kier alpha value is -1.36. The lowest BCUT2D eigenvalue weighted by atomic mass is 10.0. The van der Waals surface area contributed by atoms with Gasteiger partial charge in [-0.1, -0.05) is 23.7 Å². The Bertz CT molecular complexity index is 506. The Morgan fingerprint density at radius 3 is 2.53 bits per heavy atom. The van der Waals surface area contributed by atoms with Crippen LogP contribution in [0.15, 0.2) is 36.7 Å². The zero-order chi connectivity index (χ0) is 13.7. The van der Waals surface area contributed by atoms with Gasteiger partial charge in [0.1, 0.15) is 0 Å². The minimum absolute atomic E-state index is 0.190. The van der Waals surface area contributed by atoms with Crippen LogP contribution in [0.2, 0.25) is 5.02 Å². The van der Waals surface area contributed by atoms with Crippen LogP contribution in [0.4, 0.5) is 0 Å². The van der Waals surface area contributed by atoms with Crippen LogP contribution >= 0.6 is 11.6 Å². The summed E-state index contributed by atoms with van der Waals surface area (Å²) < 4.78 is 1.92. The molecular formula is C14H19ClN4. The summed E-state index contributed by atoms with van der Waals surface area (Å²) in [6, 6.07) is 8.05. The number of aryl methyl sites for hydroxylation is 1. The van der Waals surface area contributed by atoms with Gasteiger partial charge < -0.3 is 0 Å². The average molecular weight is 279 g/mol. The molecule has 0 spiro atoms. The molecule has 0 amide bonds. The Morgan fingerprint density at radius 1 is 1.26 bits per heavy atom. The first-order valence-corrected chi connectivity index (χ1v) is 6.81. The fourth-order valence-electron chi connectivity index (χ4n) is 2.06. The SMILES string of the molecule is CCn1cc(CC(Cc2ccc(Cl)cc2)NN)cn1. The van der Waals surface area contributed by atoms with Crippen LogP contribution in [-0.4, -0.2) is 15.8 Å². The molecule has 3 N–H and O–H groups in total. The van der Waals surface area contributed by atoms with E-state index in [9.17, 15) is 0 Å². The number of rotatable bonds is 6. The van der Waals surface area contributed by atoms with Crippen molar-refractivity contribution in [3.05, 3.63) is 52.8 Å². The summed E-state index contributed by atoms with van der Waals surface area (Å²) in [5, 5.41) is 5.03. The van der Waals surface area contributed by atoms with Gasteiger partial charge in [0, 0.05) is 23.8 Å². The average Bonchev–Trinajstić information content (AvgIpc) is 2.88. The first-order chi connectivity index (χ1) is 9.21. The molecular weight excluding hydrogens is 260 g/mol. The van der Waals surface area contributed by atoms with Gasteiger partial charge >= 0.3 is 0 Å². The summed E-state index contributed by atoms with van der Waals surface area (Å²) in [7, 11) is 0. The van der Waals surface area contributed by atoms with Crippen molar-refractivity contribution in [2.24, 2.45) is 5.84 Å². The molecule has 0 fully saturated rings. The number of hydrogen-bond acceptors (Lipinski definition) is 3. The van der Waals surface area contributed by atoms with Gasteiger partial charge in [0.05, 0.1) is 6.20 Å². The lowest BCUT2D eigenvalue weighted by Crippen LogP contribution is -2.38. The van der Waals surface area contributed by atoms with Crippen molar-refractivity contribution in [3.63, 3.8) is 0 Å². The van der Waals surface area contributed by atoms with E-state index in [2.05, 4.69) is 23.6 Å². The minimum Gasteiger partial charge on any atom is -0.273 e. The molecule has 0 saturated carbocycles. The highest BCUT2D eigenvalue weighted by Gasteiger charge is 2.10. The molecule has 4 nitrogen and oxygen atoms in total. The summed E-state index contributed by atoms with van der Waals surface area (Å²) in [5.74, 6) is 5.63. The van der Waals surface area contributed by atoms with E-state index < -0.39 is 0 Å². The minimum atomic E-state index is 0.190. The van der Waals surface area contributed by atoms with Gasteiger partial charge in [0.2, 0.25) is 0 Å². The van der Waals surface area contributed by atoms with E-state index in [1.54, 1.807) is 0 Å². The lowest BCUT2D eigenvalue weighted by molar-refractivity contribution is 0.522. The second-order valence-corrected chi connectivity index (χ2v) is 5.04.